The van der Waals surface area contributed by atoms with Crippen molar-refractivity contribution in [2.75, 3.05) is 109 Å². The topological polar surface area (TPSA) is 296 Å². The van der Waals surface area contributed by atoms with Crippen LogP contribution in [0.3, 0.4) is 0 Å². The number of fused-ring (bicyclic) bond motifs is 12. The van der Waals surface area contributed by atoms with Crippen LogP contribution in [0.5, 0.6) is 46.0 Å². The van der Waals surface area contributed by atoms with Crippen LogP contribution in [-0.4, -0.2) is 201 Å². The maximum absolute atomic E-state index is 13.1. The van der Waals surface area contributed by atoms with E-state index in [1.165, 1.54) is 48.0 Å². The van der Waals surface area contributed by atoms with E-state index in [0.29, 0.717) is 11.1 Å². The zero-order valence-corrected chi connectivity index (χ0v) is 71.9. The van der Waals surface area contributed by atoms with Crippen molar-refractivity contribution in [3.8, 4) is 46.0 Å². The molecule has 4 aromatic rings. The van der Waals surface area contributed by atoms with Crippen LogP contribution in [0.2, 0.25) is 0 Å². The lowest BCUT2D eigenvalue weighted by molar-refractivity contribution is -0.161. The fourth-order valence-corrected chi connectivity index (χ4v) is 15.0. The summed E-state index contributed by atoms with van der Waals surface area (Å²) in [6, 6.07) is -15.1. The second-order valence-corrected chi connectivity index (χ2v) is 31.8. The lowest BCUT2D eigenvalue weighted by Gasteiger charge is -2.47. The van der Waals surface area contributed by atoms with E-state index in [1.807, 2.05) is 0 Å². The summed E-state index contributed by atoms with van der Waals surface area (Å²) < 4.78 is 445. The monoisotopic (exact) mass is 1720 g/mol. The molecule has 4 aromatic carbocycles. The standard InChI is InChI=1S/4C24H38N2O4/c4*1-14(2)9-17-13-26-8-7-16-10-21(28-5)22(29-6)11-18(16)19(26)12-20(17)30-24(27)23(25)15(3)4/h4*10-11,14-15,17,19-20,23H,7-9,12-13,25H2,1-6H3/t4*17?,19?,20?,23-/m0000/s1/i1D3,5D3,9D2,10D,11D,14D,19D,20D;2*1D3,9D2,10D,11D,14D,19D,20D;1D3,5D3,9D2,10D,11D,14D,19D/t4*14?,17?,19?,20?,23-. The normalized spacial score (nSPS) is 37.7. The number of methoxy groups -OCH3 is 8. The van der Waals surface area contributed by atoms with Crippen molar-refractivity contribution < 1.29 is 138 Å². The summed E-state index contributed by atoms with van der Waals surface area (Å²) >= 11 is 0. The van der Waals surface area contributed by atoms with E-state index >= 15 is 0 Å². The Balaban J connectivity index is 0.000000242. The maximum Gasteiger partial charge on any atom is 0.323 e. The van der Waals surface area contributed by atoms with Crippen LogP contribution in [0, 0.1) is 70.9 Å². The lowest BCUT2D eigenvalue weighted by Crippen LogP contribution is -2.51. The minimum Gasteiger partial charge on any atom is -0.493 e. The molecule has 0 aromatic heterocycles. The summed E-state index contributed by atoms with van der Waals surface area (Å²) in [5, 5.41) is 0. The molecule has 0 bridgehead atoms. The smallest absolute Gasteiger partial charge is 0.323 e. The Morgan fingerprint density at radius 1 is 0.367 bits per heavy atom. The summed E-state index contributed by atoms with van der Waals surface area (Å²) in [5.74, 6) is -25.0. The minimum absolute atomic E-state index is 0.0157. The van der Waals surface area contributed by atoms with Crippen LogP contribution in [0.15, 0.2) is 48.3 Å². The molecular formula is C96H152N8O16. The number of carbonyl (C=O) groups excluding carboxylic acids is 4. The Hall–Kier alpha value is -7.16. The lowest BCUT2D eigenvalue weighted by atomic mass is 9.79. The molecule has 20 atom stereocenters. The van der Waals surface area contributed by atoms with E-state index in [9.17, 15) is 28.8 Å². The first-order chi connectivity index (χ1) is 74.4. The second-order valence-electron chi connectivity index (χ2n) is 31.8. The Kier molecular flexibility index (Phi) is 18.8. The van der Waals surface area contributed by atoms with Gasteiger partial charge in [-0.25, -0.2) is 0 Å². The van der Waals surface area contributed by atoms with Crippen LogP contribution < -0.4 is 60.8 Å². The van der Waals surface area contributed by atoms with Crippen molar-refractivity contribution in [1.82, 2.24) is 19.6 Å². The SMILES string of the molecule is [2H]c1c2c(c([2H])c(OC)c1OC([2H])([2H])[2H])C1([2H])CC(OC(=O)[C@@H](N)C(C)C)C(C([2H])([2H])C([2H])(C)C([2H])([2H])[2H])CN1CC2.[2H]c1c2c(c([2H])c(OC)c1OC([2H])([2H])[2H])C1([2H])CC([2H])(OC(=O)[C@@H](N)C(C)C)C(C([2H])([2H])C([2H])(C)C([2H])([2H])[2H])CN1CC2.[2H]c1c2c(c([2H])c(OC)c1OC)C1([2H])CC([2H])(OC(=O)[C@@H](N)C(C)C)C(C([2H])([2H])C([2H])(C)C([2H])([2H])[2H])CN1CC2.[2H]c1c2c(c([2H])c(OC)c1OC)C1([2H])CC([2H])(OC(=O)[C@@H](N)C(C)C)C(C([2H])([2H])C([2H])(C)C([2H])([2H])[2H])CN1CC2. The second kappa shape index (κ2) is 43.9. The molecule has 8 aliphatic rings. The fourth-order valence-electron chi connectivity index (χ4n) is 15.0. The van der Waals surface area contributed by atoms with E-state index in [4.69, 9.17) is 132 Å². The highest BCUT2D eigenvalue weighted by Gasteiger charge is 2.47. The molecular weight excluding hydrogens is 1520 g/mol. The summed E-state index contributed by atoms with van der Waals surface area (Å²) in [4.78, 5) is 58.1. The Morgan fingerprint density at radius 3 is 0.833 bits per heavy atom. The van der Waals surface area contributed by atoms with Gasteiger partial charge in [0.05, 0.1) is 85.5 Å². The molecule has 8 N–H and O–H groups in total. The third-order valence-electron chi connectivity index (χ3n) is 21.8. The number of hydrogen-bond acceptors (Lipinski definition) is 24. The molecule has 4 fully saturated rings. The fraction of sp³-hybridized carbons (Fsp3) is 0.708. The number of piperidine rings is 4. The van der Waals surface area contributed by atoms with Gasteiger partial charge in [-0.1, -0.05) is 110 Å². The van der Waals surface area contributed by atoms with E-state index in [2.05, 4.69) is 0 Å². The molecule has 24 nitrogen and oxygen atoms in total. The average molecular weight is 1720 g/mol. The van der Waals surface area contributed by atoms with Gasteiger partial charge in [0.1, 0.15) is 48.5 Å². The predicted octanol–water partition coefficient (Wildman–Crippen LogP) is 14.3. The molecule has 0 spiro atoms. The Labute approximate surface area is 781 Å². The third kappa shape index (κ3) is 23.8. The van der Waals surface area contributed by atoms with Crippen molar-refractivity contribution in [2.24, 2.45) is 93.9 Å². The van der Waals surface area contributed by atoms with Crippen LogP contribution in [0.1, 0.15) is 292 Å². The van der Waals surface area contributed by atoms with Crippen LogP contribution in [0.4, 0.5) is 0 Å². The highest BCUT2D eigenvalue weighted by atomic mass is 16.6. The van der Waals surface area contributed by atoms with Crippen LogP contribution in [0.25, 0.3) is 0 Å². The van der Waals surface area contributed by atoms with Gasteiger partial charge < -0.3 is 79.8 Å². The first kappa shape index (κ1) is 51.3. The highest BCUT2D eigenvalue weighted by molar-refractivity contribution is 5.77. The highest BCUT2D eigenvalue weighted by Crippen LogP contribution is 2.50. The first-order valence-corrected chi connectivity index (χ1v) is 40.1. The third-order valence-corrected chi connectivity index (χ3v) is 21.8. The number of carbonyl (C=O) groups is 4. The van der Waals surface area contributed by atoms with Crippen LogP contribution in [-0.2, 0) is 63.8 Å². The molecule has 8 heterocycles. The molecule has 0 radical (unpaired) electrons. The van der Waals surface area contributed by atoms with E-state index < -0.39 is 309 Å². The number of nitrogens with zero attached hydrogens (tertiary/aromatic N) is 4. The van der Waals surface area contributed by atoms with Gasteiger partial charge in [0, 0.05) is 159 Å². The van der Waals surface area contributed by atoms with Gasteiger partial charge in [0.15, 0.2) is 46.0 Å². The summed E-state index contributed by atoms with van der Waals surface area (Å²) in [6.45, 7) is 2.95. The van der Waals surface area contributed by atoms with Gasteiger partial charge in [-0.3, -0.25) is 38.8 Å². The zero-order valence-electron chi connectivity index (χ0n) is 117. The molecule has 120 heavy (non-hydrogen) atoms. The summed E-state index contributed by atoms with van der Waals surface area (Å²) in [5.41, 5.74) is 24.7. The van der Waals surface area contributed by atoms with E-state index in [-0.39, 0.29) is 157 Å². The molecule has 0 saturated carbocycles. The van der Waals surface area contributed by atoms with Crippen LogP contribution >= 0.6 is 0 Å². The zero-order chi connectivity index (χ0) is 127. The first-order valence-electron chi connectivity index (χ1n) is 62.6. The molecule has 672 valence electrons. The summed E-state index contributed by atoms with van der Waals surface area (Å²) in [6.07, 6.45) is -23.1. The number of rotatable bonds is 28. The van der Waals surface area contributed by atoms with E-state index in [0.717, 1.165) is 41.9 Å². The maximum atomic E-state index is 13.1. The molecule has 12 rings (SSSR count). The van der Waals surface area contributed by atoms with Gasteiger partial charge in [-0.15, -0.1) is 0 Å². The largest absolute Gasteiger partial charge is 0.493 e. The Bertz CT molecular complexity index is 6060. The number of esters is 4. The average Bonchev–Trinajstić information content (AvgIpc) is 0.694. The van der Waals surface area contributed by atoms with Crippen molar-refractivity contribution in [2.45, 2.75) is 260 Å². The van der Waals surface area contributed by atoms with Crippen molar-refractivity contribution in [3.05, 3.63) is 92.8 Å². The van der Waals surface area contributed by atoms with Gasteiger partial charge in [0.25, 0.3) is 0 Å². The molecule has 24 heteroatoms. The molecule has 4 saturated heterocycles. The van der Waals surface area contributed by atoms with Gasteiger partial charge in [-0.2, -0.15) is 0 Å². The van der Waals surface area contributed by atoms with Gasteiger partial charge in [0.2, 0.25) is 0 Å². The Morgan fingerprint density at radius 2 is 0.592 bits per heavy atom. The quantitative estimate of drug-likeness (QED) is 0.0303. The van der Waals surface area contributed by atoms with Crippen molar-refractivity contribution in [1.29, 1.82) is 0 Å². The van der Waals surface area contributed by atoms with E-state index in [1.54, 1.807) is 55.4 Å². The molecule has 0 amide bonds. The number of hydrogen-bond donors (Lipinski definition) is 4. The number of ether oxygens (including phenoxy) is 12. The molecule has 0 aliphatic carbocycles. The van der Waals surface area contributed by atoms with Crippen molar-refractivity contribution in [3.63, 3.8) is 0 Å². The summed E-state index contributed by atoms with van der Waals surface area (Å²) in [7, 11) is 1.59. The molecule has 8 aliphatic heterocycles. The van der Waals surface area contributed by atoms with Gasteiger partial charge >= 0.3 is 23.9 Å². The number of benzene rings is 4. The minimum atomic E-state index is -3.15. The molecule has 16 unspecified atom stereocenters. The van der Waals surface area contributed by atoms with Crippen molar-refractivity contribution >= 4 is 23.9 Å². The number of nitrogens with two attached hydrogens (primary N) is 4. The predicted molar refractivity (Wildman–Crippen MR) is 471 cm³/mol. The van der Waals surface area contributed by atoms with Gasteiger partial charge in [-0.05, 0) is 191 Å².